The Balaban J connectivity index is 4.25. The summed E-state index contributed by atoms with van der Waals surface area (Å²) >= 11 is 0. The summed E-state index contributed by atoms with van der Waals surface area (Å²) in [7, 11) is 0. The van der Waals surface area contributed by atoms with Gasteiger partial charge in [0, 0.05) is 13.1 Å². The van der Waals surface area contributed by atoms with Crippen molar-refractivity contribution in [2.75, 3.05) is 26.2 Å². The third kappa shape index (κ3) is 10.1. The van der Waals surface area contributed by atoms with Crippen LogP contribution in [0, 0.1) is 5.41 Å². The molecule has 0 rings (SSSR count). The molecule has 0 fully saturated rings. The van der Waals surface area contributed by atoms with Gasteiger partial charge in [-0.05, 0) is 52.1 Å². The Kier molecular flexibility index (Phi) is 8.17. The van der Waals surface area contributed by atoms with Crippen LogP contribution in [0.1, 0.15) is 61.3 Å². The van der Waals surface area contributed by atoms with Gasteiger partial charge in [0.15, 0.2) is 0 Å². The maximum absolute atomic E-state index is 11.7. The molecule has 0 unspecified atom stereocenters. The topological polar surface area (TPSA) is 41.6 Å². The van der Waals surface area contributed by atoms with Crippen LogP contribution in [0.25, 0.3) is 0 Å². The van der Waals surface area contributed by atoms with E-state index >= 15 is 0 Å². The van der Waals surface area contributed by atoms with Crippen LogP contribution in [-0.2, 0) is 4.74 Å². The summed E-state index contributed by atoms with van der Waals surface area (Å²) in [5.74, 6) is 0. The standard InChI is InChI=1S/C16H34N2O2/c1-8-10-18(11-9-2)13-16(6,7)12-17-14(19)20-15(3,4)5/h8-13H2,1-7H3,(H,17,19). The van der Waals surface area contributed by atoms with Crippen LogP contribution in [0.3, 0.4) is 0 Å². The Labute approximate surface area is 125 Å². The molecule has 0 aromatic heterocycles. The molecule has 1 amide bonds. The number of ether oxygens (including phenoxy) is 1. The monoisotopic (exact) mass is 286 g/mol. The van der Waals surface area contributed by atoms with Gasteiger partial charge in [0.2, 0.25) is 0 Å². The van der Waals surface area contributed by atoms with E-state index in [1.54, 1.807) is 0 Å². The molecule has 0 radical (unpaired) electrons. The minimum absolute atomic E-state index is 0.0429. The number of rotatable bonds is 8. The molecule has 0 saturated heterocycles. The highest BCUT2D eigenvalue weighted by molar-refractivity contribution is 5.67. The molecule has 0 spiro atoms. The van der Waals surface area contributed by atoms with Gasteiger partial charge < -0.3 is 15.0 Å². The van der Waals surface area contributed by atoms with E-state index in [9.17, 15) is 4.79 Å². The molecular formula is C16H34N2O2. The fraction of sp³-hybridized carbons (Fsp3) is 0.938. The molecule has 0 aromatic rings. The second-order valence-corrected chi connectivity index (χ2v) is 7.30. The summed E-state index contributed by atoms with van der Waals surface area (Å²) in [6, 6.07) is 0. The Bertz CT molecular complexity index is 277. The third-order valence-electron chi connectivity index (χ3n) is 2.84. The highest BCUT2D eigenvalue weighted by Gasteiger charge is 2.23. The fourth-order valence-electron chi connectivity index (χ4n) is 2.19. The number of carbonyl (C=O) groups is 1. The van der Waals surface area contributed by atoms with Gasteiger partial charge in [-0.15, -0.1) is 0 Å². The summed E-state index contributed by atoms with van der Waals surface area (Å²) in [6.07, 6.45) is 1.99. The lowest BCUT2D eigenvalue weighted by Crippen LogP contribution is -2.44. The zero-order valence-corrected chi connectivity index (χ0v) is 14.5. The van der Waals surface area contributed by atoms with Crippen molar-refractivity contribution >= 4 is 6.09 Å². The fourth-order valence-corrected chi connectivity index (χ4v) is 2.19. The van der Waals surface area contributed by atoms with Gasteiger partial charge in [0.25, 0.3) is 0 Å². The molecule has 0 aliphatic carbocycles. The minimum atomic E-state index is -0.440. The van der Waals surface area contributed by atoms with Crippen LogP contribution in [0.5, 0.6) is 0 Å². The molecule has 0 atom stereocenters. The molecule has 4 nitrogen and oxygen atoms in total. The zero-order chi connectivity index (χ0) is 15.8. The zero-order valence-electron chi connectivity index (χ0n) is 14.5. The van der Waals surface area contributed by atoms with Crippen molar-refractivity contribution in [3.8, 4) is 0 Å². The molecule has 0 heterocycles. The second kappa shape index (κ2) is 8.50. The van der Waals surface area contributed by atoms with E-state index in [0.29, 0.717) is 6.54 Å². The van der Waals surface area contributed by atoms with Gasteiger partial charge in [-0.2, -0.15) is 0 Å². The van der Waals surface area contributed by atoms with Crippen molar-refractivity contribution in [3.63, 3.8) is 0 Å². The number of nitrogens with zero attached hydrogens (tertiary/aromatic N) is 1. The number of hydrogen-bond donors (Lipinski definition) is 1. The third-order valence-corrected chi connectivity index (χ3v) is 2.84. The van der Waals surface area contributed by atoms with Crippen LogP contribution in [0.15, 0.2) is 0 Å². The summed E-state index contributed by atoms with van der Waals surface area (Å²) in [5.41, 5.74) is -0.397. The smallest absolute Gasteiger partial charge is 0.407 e. The maximum Gasteiger partial charge on any atom is 0.407 e. The van der Waals surface area contributed by atoms with Crippen molar-refractivity contribution in [1.82, 2.24) is 10.2 Å². The van der Waals surface area contributed by atoms with Crippen LogP contribution in [-0.4, -0.2) is 42.8 Å². The number of carbonyl (C=O) groups excluding carboxylic acids is 1. The Hall–Kier alpha value is -0.770. The van der Waals surface area contributed by atoms with Crippen molar-refractivity contribution < 1.29 is 9.53 Å². The summed E-state index contributed by atoms with van der Waals surface area (Å²) in [4.78, 5) is 14.2. The Morgan fingerprint density at radius 3 is 1.95 bits per heavy atom. The van der Waals surface area contributed by atoms with Crippen LogP contribution in [0.4, 0.5) is 4.79 Å². The molecule has 4 heteroatoms. The van der Waals surface area contributed by atoms with Gasteiger partial charge >= 0.3 is 6.09 Å². The summed E-state index contributed by atoms with van der Waals surface area (Å²) in [6.45, 7) is 18.3. The highest BCUT2D eigenvalue weighted by Crippen LogP contribution is 2.17. The molecule has 0 saturated carbocycles. The summed E-state index contributed by atoms with van der Waals surface area (Å²) < 4.78 is 5.27. The van der Waals surface area contributed by atoms with Crippen molar-refractivity contribution in [3.05, 3.63) is 0 Å². The van der Waals surface area contributed by atoms with Gasteiger partial charge in [-0.25, -0.2) is 4.79 Å². The predicted octanol–water partition coefficient (Wildman–Crippen LogP) is 3.66. The molecule has 120 valence electrons. The number of nitrogens with one attached hydrogen (secondary N) is 1. The maximum atomic E-state index is 11.7. The van der Waals surface area contributed by atoms with E-state index in [4.69, 9.17) is 4.74 Å². The Morgan fingerprint density at radius 2 is 1.55 bits per heavy atom. The van der Waals surface area contributed by atoms with E-state index in [1.807, 2.05) is 20.8 Å². The van der Waals surface area contributed by atoms with Crippen molar-refractivity contribution in [2.45, 2.75) is 66.9 Å². The van der Waals surface area contributed by atoms with Crippen LogP contribution >= 0.6 is 0 Å². The molecule has 0 bridgehead atoms. The van der Waals surface area contributed by atoms with E-state index in [-0.39, 0.29) is 11.5 Å². The highest BCUT2D eigenvalue weighted by atomic mass is 16.6. The van der Waals surface area contributed by atoms with Gasteiger partial charge in [-0.3, -0.25) is 0 Å². The number of hydrogen-bond acceptors (Lipinski definition) is 3. The first-order valence-electron chi connectivity index (χ1n) is 7.79. The lowest BCUT2D eigenvalue weighted by atomic mass is 9.92. The normalized spacial score (nSPS) is 12.6. The lowest BCUT2D eigenvalue weighted by molar-refractivity contribution is 0.0495. The summed E-state index contributed by atoms with van der Waals surface area (Å²) in [5, 5.41) is 2.88. The van der Waals surface area contributed by atoms with Crippen molar-refractivity contribution in [2.24, 2.45) is 5.41 Å². The Morgan fingerprint density at radius 1 is 1.05 bits per heavy atom. The first-order chi connectivity index (χ1) is 9.09. The van der Waals surface area contributed by atoms with Crippen LogP contribution < -0.4 is 5.32 Å². The molecule has 0 aromatic carbocycles. The van der Waals surface area contributed by atoms with E-state index in [2.05, 4.69) is 37.9 Å². The molecule has 1 N–H and O–H groups in total. The van der Waals surface area contributed by atoms with Crippen molar-refractivity contribution in [1.29, 1.82) is 0 Å². The quantitative estimate of drug-likeness (QED) is 0.740. The molecule has 0 aliphatic rings. The number of alkyl carbamates (subject to hydrolysis) is 1. The van der Waals surface area contributed by atoms with E-state index in [1.165, 1.54) is 0 Å². The average molecular weight is 286 g/mol. The number of amides is 1. The first kappa shape index (κ1) is 19.2. The molecular weight excluding hydrogens is 252 g/mol. The van der Waals surface area contributed by atoms with E-state index < -0.39 is 5.60 Å². The van der Waals surface area contributed by atoms with Gasteiger partial charge in [0.1, 0.15) is 5.60 Å². The first-order valence-corrected chi connectivity index (χ1v) is 7.79. The lowest BCUT2D eigenvalue weighted by Gasteiger charge is -2.33. The second-order valence-electron chi connectivity index (χ2n) is 7.30. The van der Waals surface area contributed by atoms with Crippen LogP contribution in [0.2, 0.25) is 0 Å². The molecule has 20 heavy (non-hydrogen) atoms. The minimum Gasteiger partial charge on any atom is -0.444 e. The largest absolute Gasteiger partial charge is 0.444 e. The molecule has 0 aliphatic heterocycles. The average Bonchev–Trinajstić information content (AvgIpc) is 2.24. The van der Waals surface area contributed by atoms with Gasteiger partial charge in [-0.1, -0.05) is 27.7 Å². The van der Waals surface area contributed by atoms with E-state index in [0.717, 1.165) is 32.5 Å². The predicted molar refractivity (Wildman–Crippen MR) is 85.0 cm³/mol. The van der Waals surface area contributed by atoms with Gasteiger partial charge in [0.05, 0.1) is 0 Å². The SMILES string of the molecule is CCCN(CCC)CC(C)(C)CNC(=O)OC(C)(C)C.